The Hall–Kier alpha value is -1.59. The minimum Gasteiger partial charge on any atom is -0.462 e. The summed E-state index contributed by atoms with van der Waals surface area (Å²) in [7, 11) is 0. The molecule has 2 atom stereocenters. The Morgan fingerprint density at radius 3 is 0.800 bits per heavy atom. The van der Waals surface area contributed by atoms with Gasteiger partial charge in [0.1, 0.15) is 13.2 Å². The van der Waals surface area contributed by atoms with Crippen LogP contribution in [-0.4, -0.2) is 37.2 Å². The summed E-state index contributed by atoms with van der Waals surface area (Å²) in [6.45, 7) is 13.8. The standard InChI is InChI=1S/C59H114O6/c1-7-55(6)47-41-35-29-23-19-20-25-31-37-43-49-58(61)64-52-56(65-59(62)50-44-38-32-26-18-14-16-22-28-34-40-46-54(4)5)51-63-57(60)48-42-36-30-24-17-13-11-9-8-10-12-15-21-27-33-39-45-53(2)3/h53-56H,7-52H2,1-6H3/t55?,56-/m1/s1. The topological polar surface area (TPSA) is 78.9 Å². The lowest BCUT2D eigenvalue weighted by atomic mass is 9.99. The molecule has 0 rings (SSSR count). The summed E-state index contributed by atoms with van der Waals surface area (Å²) in [6.07, 6.45) is 52.3. The number of carbonyl (C=O) groups excluding carboxylic acids is 3. The molecule has 0 aliphatic carbocycles. The third-order valence-corrected chi connectivity index (χ3v) is 13.8. The van der Waals surface area contributed by atoms with E-state index in [4.69, 9.17) is 14.2 Å². The molecule has 0 aromatic carbocycles. The van der Waals surface area contributed by atoms with Crippen LogP contribution in [0.3, 0.4) is 0 Å². The van der Waals surface area contributed by atoms with Crippen molar-refractivity contribution in [3.8, 4) is 0 Å². The Labute approximate surface area is 406 Å². The number of ether oxygens (including phenoxy) is 3. The van der Waals surface area contributed by atoms with Crippen LogP contribution < -0.4 is 0 Å². The number of hydrogen-bond acceptors (Lipinski definition) is 6. The number of hydrogen-bond donors (Lipinski definition) is 0. The van der Waals surface area contributed by atoms with Crippen LogP contribution in [0.15, 0.2) is 0 Å². The van der Waals surface area contributed by atoms with E-state index in [1.54, 1.807) is 0 Å². The number of unbranched alkanes of at least 4 members (excludes halogenated alkanes) is 34. The fourth-order valence-corrected chi connectivity index (χ4v) is 8.97. The monoisotopic (exact) mass is 919 g/mol. The maximum atomic E-state index is 12.8. The van der Waals surface area contributed by atoms with Crippen molar-refractivity contribution in [2.75, 3.05) is 13.2 Å². The zero-order valence-electron chi connectivity index (χ0n) is 44.8. The van der Waals surface area contributed by atoms with E-state index in [2.05, 4.69) is 41.5 Å². The van der Waals surface area contributed by atoms with Crippen LogP contribution >= 0.6 is 0 Å². The molecule has 6 heteroatoms. The maximum absolute atomic E-state index is 12.8. The van der Waals surface area contributed by atoms with Crippen LogP contribution in [0.25, 0.3) is 0 Å². The summed E-state index contributed by atoms with van der Waals surface area (Å²) in [5.41, 5.74) is 0. The summed E-state index contributed by atoms with van der Waals surface area (Å²) >= 11 is 0. The van der Waals surface area contributed by atoms with E-state index in [0.717, 1.165) is 75.5 Å². The predicted molar refractivity (Wildman–Crippen MR) is 279 cm³/mol. The second-order valence-electron chi connectivity index (χ2n) is 21.5. The van der Waals surface area contributed by atoms with Crippen molar-refractivity contribution in [1.29, 1.82) is 0 Å². The normalized spacial score (nSPS) is 12.6. The highest BCUT2D eigenvalue weighted by Crippen LogP contribution is 2.19. The summed E-state index contributed by atoms with van der Waals surface area (Å²) in [5.74, 6) is 1.70. The van der Waals surface area contributed by atoms with Crippen molar-refractivity contribution in [3.05, 3.63) is 0 Å². The zero-order valence-corrected chi connectivity index (χ0v) is 44.8. The van der Waals surface area contributed by atoms with Crippen molar-refractivity contribution in [2.45, 2.75) is 330 Å². The molecule has 0 aromatic heterocycles. The molecule has 0 spiro atoms. The van der Waals surface area contributed by atoms with Gasteiger partial charge in [-0.25, -0.2) is 0 Å². The molecule has 6 nitrogen and oxygen atoms in total. The molecule has 0 heterocycles. The molecule has 386 valence electrons. The number of esters is 3. The maximum Gasteiger partial charge on any atom is 0.306 e. The molecule has 0 bridgehead atoms. The summed E-state index contributed by atoms with van der Waals surface area (Å²) in [4.78, 5) is 38.1. The van der Waals surface area contributed by atoms with E-state index in [0.29, 0.717) is 19.3 Å². The Morgan fingerprint density at radius 2 is 0.538 bits per heavy atom. The van der Waals surface area contributed by atoms with Gasteiger partial charge in [-0.2, -0.15) is 0 Å². The largest absolute Gasteiger partial charge is 0.462 e. The minimum atomic E-state index is -0.764. The van der Waals surface area contributed by atoms with Crippen LogP contribution in [-0.2, 0) is 28.6 Å². The van der Waals surface area contributed by atoms with Crippen molar-refractivity contribution in [1.82, 2.24) is 0 Å². The molecule has 0 aromatic rings. The highest BCUT2D eigenvalue weighted by molar-refractivity contribution is 5.71. The fraction of sp³-hybridized carbons (Fsp3) is 0.949. The van der Waals surface area contributed by atoms with E-state index in [-0.39, 0.29) is 31.1 Å². The van der Waals surface area contributed by atoms with Crippen LogP contribution in [0, 0.1) is 17.8 Å². The third-order valence-electron chi connectivity index (χ3n) is 13.8. The quantitative estimate of drug-likeness (QED) is 0.0344. The van der Waals surface area contributed by atoms with Crippen molar-refractivity contribution in [3.63, 3.8) is 0 Å². The molecule has 0 aliphatic rings. The van der Waals surface area contributed by atoms with E-state index in [1.807, 2.05) is 0 Å². The Bertz CT molecular complexity index is 1010. The molecule has 1 unspecified atom stereocenters. The first-order valence-corrected chi connectivity index (χ1v) is 29.1. The van der Waals surface area contributed by atoms with E-state index >= 15 is 0 Å². The lowest BCUT2D eigenvalue weighted by Crippen LogP contribution is -2.30. The zero-order chi connectivity index (χ0) is 47.7. The third kappa shape index (κ3) is 51.6. The Morgan fingerprint density at radius 1 is 0.308 bits per heavy atom. The van der Waals surface area contributed by atoms with Crippen molar-refractivity contribution < 1.29 is 28.6 Å². The minimum absolute atomic E-state index is 0.0636. The molecule has 0 saturated heterocycles. The Kier molecular flexibility index (Phi) is 49.1. The average Bonchev–Trinajstić information content (AvgIpc) is 3.28. The first-order valence-electron chi connectivity index (χ1n) is 29.1. The first-order chi connectivity index (χ1) is 31.6. The van der Waals surface area contributed by atoms with Gasteiger partial charge in [0.15, 0.2) is 6.10 Å². The predicted octanol–water partition coefficient (Wildman–Crippen LogP) is 19.1. The van der Waals surface area contributed by atoms with Crippen molar-refractivity contribution >= 4 is 17.9 Å². The van der Waals surface area contributed by atoms with Gasteiger partial charge >= 0.3 is 17.9 Å². The molecule has 0 saturated carbocycles. The van der Waals surface area contributed by atoms with Gasteiger partial charge in [-0.05, 0) is 37.0 Å². The van der Waals surface area contributed by atoms with Gasteiger partial charge in [0.25, 0.3) is 0 Å². The second-order valence-corrected chi connectivity index (χ2v) is 21.5. The van der Waals surface area contributed by atoms with Gasteiger partial charge in [0.05, 0.1) is 0 Å². The molecule has 65 heavy (non-hydrogen) atoms. The molecular weight excluding hydrogens is 805 g/mol. The van der Waals surface area contributed by atoms with E-state index in [9.17, 15) is 14.4 Å². The summed E-state index contributed by atoms with van der Waals surface area (Å²) in [6, 6.07) is 0. The fourth-order valence-electron chi connectivity index (χ4n) is 8.97. The number of carbonyl (C=O) groups is 3. The summed E-state index contributed by atoms with van der Waals surface area (Å²) < 4.78 is 16.9. The highest BCUT2D eigenvalue weighted by Gasteiger charge is 2.19. The summed E-state index contributed by atoms with van der Waals surface area (Å²) in [5, 5.41) is 0. The van der Waals surface area contributed by atoms with Gasteiger partial charge < -0.3 is 14.2 Å². The lowest BCUT2D eigenvalue weighted by molar-refractivity contribution is -0.167. The van der Waals surface area contributed by atoms with E-state index < -0.39 is 6.10 Å². The SMILES string of the molecule is CCC(C)CCCCCCCCCCCCC(=O)OC[C@@H](COC(=O)CCCCCCCCCCCCCCCCCCC(C)C)OC(=O)CCCCCCCCCCCCCC(C)C. The lowest BCUT2D eigenvalue weighted by Gasteiger charge is -2.18. The smallest absolute Gasteiger partial charge is 0.306 e. The van der Waals surface area contributed by atoms with Crippen LogP contribution in [0.5, 0.6) is 0 Å². The Balaban J connectivity index is 4.29. The van der Waals surface area contributed by atoms with Gasteiger partial charge in [-0.1, -0.05) is 286 Å². The highest BCUT2D eigenvalue weighted by atomic mass is 16.6. The molecule has 0 aliphatic heterocycles. The van der Waals surface area contributed by atoms with Gasteiger partial charge in [-0.15, -0.1) is 0 Å². The van der Waals surface area contributed by atoms with Crippen LogP contribution in [0.4, 0.5) is 0 Å². The van der Waals surface area contributed by atoms with Crippen LogP contribution in [0.1, 0.15) is 324 Å². The molecule has 0 fully saturated rings. The van der Waals surface area contributed by atoms with Crippen molar-refractivity contribution in [2.24, 2.45) is 17.8 Å². The van der Waals surface area contributed by atoms with E-state index in [1.165, 1.54) is 205 Å². The molecule has 0 amide bonds. The molecule has 0 radical (unpaired) electrons. The van der Waals surface area contributed by atoms with Gasteiger partial charge in [0, 0.05) is 19.3 Å². The van der Waals surface area contributed by atoms with Gasteiger partial charge in [0.2, 0.25) is 0 Å². The number of rotatable bonds is 52. The van der Waals surface area contributed by atoms with Gasteiger partial charge in [-0.3, -0.25) is 14.4 Å². The second kappa shape index (κ2) is 50.3. The van der Waals surface area contributed by atoms with Crippen LogP contribution in [0.2, 0.25) is 0 Å². The first kappa shape index (κ1) is 63.4. The molecular formula is C59H114O6. The molecule has 0 N–H and O–H groups in total. The average molecular weight is 920 g/mol.